The maximum atomic E-state index is 12.1. The zero-order valence-corrected chi connectivity index (χ0v) is 11.8. The summed E-state index contributed by atoms with van der Waals surface area (Å²) >= 11 is 4.52. The van der Waals surface area contributed by atoms with Gasteiger partial charge in [0.05, 0.1) is 21.9 Å². The Bertz CT molecular complexity index is 868. The highest BCUT2D eigenvalue weighted by Crippen LogP contribution is 2.25. The Morgan fingerprint density at radius 3 is 2.52 bits per heavy atom. The van der Waals surface area contributed by atoms with E-state index in [4.69, 9.17) is 0 Å². The van der Waals surface area contributed by atoms with E-state index in [0.717, 1.165) is 22.2 Å². The van der Waals surface area contributed by atoms with E-state index in [-0.39, 0.29) is 0 Å². The van der Waals surface area contributed by atoms with Gasteiger partial charge in [-0.25, -0.2) is 4.98 Å². The quantitative estimate of drug-likeness (QED) is 0.526. The Morgan fingerprint density at radius 2 is 1.76 bits per heavy atom. The fraction of sp³-hybridized carbons (Fsp3) is 0. The summed E-state index contributed by atoms with van der Waals surface area (Å²) in [5.74, 6) is -0.402. The van der Waals surface area contributed by atoms with E-state index in [1.54, 1.807) is 6.07 Å². The number of rotatable bonds is 2. The molecule has 3 nitrogen and oxygen atoms in total. The summed E-state index contributed by atoms with van der Waals surface area (Å²) in [5, 5.41) is 2.89. The van der Waals surface area contributed by atoms with Crippen molar-refractivity contribution in [2.45, 2.75) is 0 Å². The second kappa shape index (κ2) is 5.75. The van der Waals surface area contributed by atoms with Crippen LogP contribution in [0.15, 0.2) is 65.7 Å². The standard InChI is InChI=1S/C17H10N2OS/c20-17(18-11-21)14-10-16(12-6-2-1-3-7-12)19-15-9-5-4-8-13(14)15/h1-10H. The molecule has 0 bridgehead atoms. The monoisotopic (exact) mass is 290 g/mol. The molecule has 0 aliphatic rings. The minimum Gasteiger partial charge on any atom is -0.266 e. The molecule has 100 valence electrons. The van der Waals surface area contributed by atoms with E-state index in [9.17, 15) is 4.79 Å². The van der Waals surface area contributed by atoms with E-state index in [0.29, 0.717) is 5.56 Å². The first kappa shape index (κ1) is 13.3. The van der Waals surface area contributed by atoms with Gasteiger partial charge in [0.1, 0.15) is 0 Å². The highest BCUT2D eigenvalue weighted by atomic mass is 32.1. The number of nitrogens with zero attached hydrogens (tertiary/aromatic N) is 2. The number of aliphatic imine (C=N–C) groups is 1. The SMILES string of the molecule is O=C(N=C=S)c1cc(-c2ccccc2)nc2ccccc12. The first-order chi connectivity index (χ1) is 10.3. The molecule has 0 spiro atoms. The fourth-order valence-electron chi connectivity index (χ4n) is 2.21. The summed E-state index contributed by atoms with van der Waals surface area (Å²) < 4.78 is 0. The number of amides is 1. The molecule has 0 saturated carbocycles. The molecule has 3 rings (SSSR count). The van der Waals surface area contributed by atoms with E-state index >= 15 is 0 Å². The summed E-state index contributed by atoms with van der Waals surface area (Å²) in [6.45, 7) is 0. The molecule has 0 aliphatic carbocycles. The summed E-state index contributed by atoms with van der Waals surface area (Å²) in [4.78, 5) is 20.3. The predicted octanol–water partition coefficient (Wildman–Crippen LogP) is 4.14. The van der Waals surface area contributed by atoms with Crippen molar-refractivity contribution in [3.63, 3.8) is 0 Å². The van der Waals surface area contributed by atoms with Gasteiger partial charge in [0.2, 0.25) is 0 Å². The molecule has 1 amide bonds. The number of hydrogen-bond donors (Lipinski definition) is 0. The highest BCUT2D eigenvalue weighted by Gasteiger charge is 2.12. The largest absolute Gasteiger partial charge is 0.286 e. The van der Waals surface area contributed by atoms with Crippen LogP contribution in [-0.2, 0) is 0 Å². The molecule has 21 heavy (non-hydrogen) atoms. The fourth-order valence-corrected chi connectivity index (χ4v) is 2.29. The van der Waals surface area contributed by atoms with Crippen LogP contribution in [0.3, 0.4) is 0 Å². The van der Waals surface area contributed by atoms with Crippen molar-refractivity contribution in [1.82, 2.24) is 4.98 Å². The van der Waals surface area contributed by atoms with Gasteiger partial charge in [0, 0.05) is 10.9 Å². The number of carbonyl (C=O) groups is 1. The molecule has 0 fully saturated rings. The highest BCUT2D eigenvalue weighted by molar-refractivity contribution is 7.78. The van der Waals surface area contributed by atoms with Crippen molar-refractivity contribution < 1.29 is 4.79 Å². The summed E-state index contributed by atoms with van der Waals surface area (Å²) in [5.41, 5.74) is 2.92. The third-order valence-electron chi connectivity index (χ3n) is 3.16. The van der Waals surface area contributed by atoms with Crippen molar-refractivity contribution in [3.8, 4) is 11.3 Å². The Balaban J connectivity index is 2.29. The minimum absolute atomic E-state index is 0.402. The molecule has 1 heterocycles. The number of fused-ring (bicyclic) bond motifs is 1. The van der Waals surface area contributed by atoms with Crippen molar-refractivity contribution in [3.05, 3.63) is 66.2 Å². The first-order valence-corrected chi connectivity index (χ1v) is 6.78. The van der Waals surface area contributed by atoms with E-state index in [2.05, 4.69) is 27.4 Å². The zero-order chi connectivity index (χ0) is 14.7. The lowest BCUT2D eigenvalue weighted by molar-refractivity contribution is 0.101. The van der Waals surface area contributed by atoms with Crippen LogP contribution in [0.2, 0.25) is 0 Å². The third kappa shape index (κ3) is 2.63. The van der Waals surface area contributed by atoms with Gasteiger partial charge in [-0.05, 0) is 24.4 Å². The normalized spacial score (nSPS) is 10.1. The predicted molar refractivity (Wildman–Crippen MR) is 86.5 cm³/mol. The van der Waals surface area contributed by atoms with Gasteiger partial charge in [-0.3, -0.25) is 4.79 Å². The average molecular weight is 290 g/mol. The van der Waals surface area contributed by atoms with Crippen LogP contribution >= 0.6 is 12.2 Å². The lowest BCUT2D eigenvalue weighted by Crippen LogP contribution is -1.99. The summed E-state index contributed by atoms with van der Waals surface area (Å²) in [7, 11) is 0. The van der Waals surface area contributed by atoms with Crippen LogP contribution in [0.5, 0.6) is 0 Å². The molecule has 0 saturated heterocycles. The molecule has 4 heteroatoms. The number of thiocarbonyl (C=S) groups is 1. The number of isothiocyanates is 1. The number of para-hydroxylation sites is 1. The number of benzene rings is 2. The molecule has 2 aromatic carbocycles. The number of aromatic nitrogens is 1. The van der Waals surface area contributed by atoms with Gasteiger partial charge < -0.3 is 0 Å². The molecule has 0 atom stereocenters. The van der Waals surface area contributed by atoms with Crippen molar-refractivity contribution >= 4 is 34.2 Å². The Hall–Kier alpha value is -2.68. The minimum atomic E-state index is -0.402. The van der Waals surface area contributed by atoms with Gasteiger partial charge in [-0.15, -0.1) is 0 Å². The van der Waals surface area contributed by atoms with Gasteiger partial charge in [-0.2, -0.15) is 4.99 Å². The molecular formula is C17H10N2OS. The number of pyridine rings is 1. The summed E-state index contributed by atoms with van der Waals surface area (Å²) in [6, 6.07) is 18.9. The lowest BCUT2D eigenvalue weighted by Gasteiger charge is -2.07. The van der Waals surface area contributed by atoms with E-state index in [1.165, 1.54) is 0 Å². The first-order valence-electron chi connectivity index (χ1n) is 6.37. The summed E-state index contributed by atoms with van der Waals surface area (Å²) in [6.07, 6.45) is 0. The van der Waals surface area contributed by atoms with Crippen LogP contribution in [0.4, 0.5) is 0 Å². The Kier molecular flexibility index (Phi) is 3.65. The zero-order valence-electron chi connectivity index (χ0n) is 11.0. The van der Waals surface area contributed by atoms with Gasteiger partial charge in [-0.1, -0.05) is 48.5 Å². The van der Waals surface area contributed by atoms with Gasteiger partial charge in [0.25, 0.3) is 5.91 Å². The smallest absolute Gasteiger partial charge is 0.266 e. The van der Waals surface area contributed by atoms with Crippen LogP contribution in [-0.4, -0.2) is 16.1 Å². The topological polar surface area (TPSA) is 42.3 Å². The van der Waals surface area contributed by atoms with Crippen LogP contribution in [0, 0.1) is 0 Å². The van der Waals surface area contributed by atoms with Crippen LogP contribution in [0.25, 0.3) is 22.2 Å². The van der Waals surface area contributed by atoms with E-state index < -0.39 is 5.91 Å². The van der Waals surface area contributed by atoms with Crippen molar-refractivity contribution in [2.75, 3.05) is 0 Å². The number of hydrogen-bond acceptors (Lipinski definition) is 3. The molecule has 0 N–H and O–H groups in total. The number of carbonyl (C=O) groups excluding carboxylic acids is 1. The molecule has 0 aliphatic heterocycles. The Morgan fingerprint density at radius 1 is 1.05 bits per heavy atom. The molecule has 3 aromatic rings. The van der Waals surface area contributed by atoms with Gasteiger partial charge in [0.15, 0.2) is 0 Å². The van der Waals surface area contributed by atoms with E-state index in [1.807, 2.05) is 54.6 Å². The van der Waals surface area contributed by atoms with Crippen molar-refractivity contribution in [2.24, 2.45) is 4.99 Å². The molecule has 0 radical (unpaired) electrons. The Labute approximate surface area is 127 Å². The molecule has 1 aromatic heterocycles. The molecular weight excluding hydrogens is 280 g/mol. The lowest BCUT2D eigenvalue weighted by atomic mass is 10.0. The van der Waals surface area contributed by atoms with Crippen LogP contribution in [0.1, 0.15) is 10.4 Å². The molecule has 0 unspecified atom stereocenters. The third-order valence-corrected chi connectivity index (χ3v) is 3.25. The second-order valence-electron chi connectivity index (χ2n) is 4.45. The van der Waals surface area contributed by atoms with Crippen LogP contribution < -0.4 is 0 Å². The maximum absolute atomic E-state index is 12.1. The maximum Gasteiger partial charge on any atom is 0.286 e. The second-order valence-corrected chi connectivity index (χ2v) is 4.63. The average Bonchev–Trinajstić information content (AvgIpc) is 2.55. The van der Waals surface area contributed by atoms with Crippen molar-refractivity contribution in [1.29, 1.82) is 0 Å². The van der Waals surface area contributed by atoms with Gasteiger partial charge >= 0.3 is 0 Å².